The summed E-state index contributed by atoms with van der Waals surface area (Å²) in [5.41, 5.74) is 2.51. The van der Waals surface area contributed by atoms with E-state index in [-0.39, 0.29) is 0 Å². The molecule has 0 saturated carbocycles. The first-order valence-corrected chi connectivity index (χ1v) is 4.18. The molecule has 0 rings (SSSR count). The van der Waals surface area contributed by atoms with E-state index in [4.69, 9.17) is 0 Å². The molecule has 0 heterocycles. The van der Waals surface area contributed by atoms with Crippen LogP contribution in [0.25, 0.3) is 0 Å². The molecule has 0 saturated heterocycles. The number of hydrogen-bond donors (Lipinski definition) is 1. The molecule has 0 fully saturated rings. The highest BCUT2D eigenvalue weighted by Gasteiger charge is 1.99. The van der Waals surface area contributed by atoms with Crippen LogP contribution >= 0.6 is 0 Å². The molecule has 0 aliphatic rings. The van der Waals surface area contributed by atoms with E-state index < -0.39 is 0 Å². The van der Waals surface area contributed by atoms with E-state index in [2.05, 4.69) is 45.2 Å². The van der Waals surface area contributed by atoms with Crippen LogP contribution in [0.4, 0.5) is 0 Å². The van der Waals surface area contributed by atoms with Crippen molar-refractivity contribution in [2.24, 2.45) is 5.92 Å². The van der Waals surface area contributed by atoms with Crippen molar-refractivity contribution in [2.75, 3.05) is 0 Å². The Bertz CT molecular complexity index is 164. The minimum atomic E-state index is 0.579. The van der Waals surface area contributed by atoms with E-state index in [9.17, 15) is 0 Å². The van der Waals surface area contributed by atoms with Crippen molar-refractivity contribution in [2.45, 2.75) is 34.6 Å². The minimum Gasteiger partial charge on any atom is -0.363 e. The average molecular weight is 153 g/mol. The molecule has 1 N–H and O–H groups in total. The molecule has 0 radical (unpaired) electrons. The maximum Gasteiger partial charge on any atom is 0.0131 e. The third-order valence-electron chi connectivity index (χ3n) is 1.71. The zero-order valence-electron chi connectivity index (χ0n) is 8.23. The van der Waals surface area contributed by atoms with Crippen LogP contribution in [0.5, 0.6) is 0 Å². The largest absolute Gasteiger partial charge is 0.363 e. The van der Waals surface area contributed by atoms with Crippen molar-refractivity contribution in [1.29, 1.82) is 0 Å². The predicted octanol–water partition coefficient (Wildman–Crippen LogP) is 3.06. The molecule has 0 atom stereocenters. The summed E-state index contributed by atoms with van der Waals surface area (Å²) in [4.78, 5) is 0. The van der Waals surface area contributed by atoms with Crippen molar-refractivity contribution in [3.8, 4) is 0 Å². The molecule has 0 amide bonds. The van der Waals surface area contributed by atoms with E-state index in [0.29, 0.717) is 5.92 Å². The van der Waals surface area contributed by atoms with Crippen molar-refractivity contribution in [3.05, 3.63) is 23.5 Å². The fourth-order valence-electron chi connectivity index (χ4n) is 0.850. The lowest BCUT2D eigenvalue weighted by Crippen LogP contribution is -2.14. The van der Waals surface area contributed by atoms with Gasteiger partial charge >= 0.3 is 0 Å². The lowest BCUT2D eigenvalue weighted by molar-refractivity contribution is 0.696. The number of rotatable bonds is 3. The van der Waals surface area contributed by atoms with Crippen LogP contribution in [-0.2, 0) is 0 Å². The van der Waals surface area contributed by atoms with Crippen LogP contribution in [0.3, 0.4) is 0 Å². The van der Waals surface area contributed by atoms with Crippen molar-refractivity contribution < 1.29 is 0 Å². The van der Waals surface area contributed by atoms with Crippen LogP contribution in [0.2, 0.25) is 0 Å². The topological polar surface area (TPSA) is 12.0 Å². The van der Waals surface area contributed by atoms with Gasteiger partial charge in [0.15, 0.2) is 0 Å². The van der Waals surface area contributed by atoms with Crippen LogP contribution in [0.15, 0.2) is 23.5 Å². The second kappa shape index (κ2) is 5.00. The smallest absolute Gasteiger partial charge is 0.0131 e. The summed E-state index contributed by atoms with van der Waals surface area (Å²) in [6.07, 6.45) is 4.20. The first-order chi connectivity index (χ1) is 5.11. The summed E-state index contributed by atoms with van der Waals surface area (Å²) in [7, 11) is 0. The van der Waals surface area contributed by atoms with Gasteiger partial charge in [0.2, 0.25) is 0 Å². The maximum atomic E-state index is 3.34. The average Bonchev–Trinajstić information content (AvgIpc) is 1.99. The highest BCUT2D eigenvalue weighted by molar-refractivity contribution is 5.09. The molecule has 0 aromatic heterocycles. The Morgan fingerprint density at radius 2 is 1.73 bits per heavy atom. The van der Waals surface area contributed by atoms with E-state index >= 15 is 0 Å². The maximum absolute atomic E-state index is 3.34. The Morgan fingerprint density at radius 3 is 2.00 bits per heavy atom. The minimum absolute atomic E-state index is 0.579. The molecular formula is C10H19N. The first-order valence-electron chi connectivity index (χ1n) is 4.18. The molecule has 1 heteroatoms. The molecule has 1 nitrogen and oxygen atoms in total. The second-order valence-electron chi connectivity index (χ2n) is 3.00. The van der Waals surface area contributed by atoms with Gasteiger partial charge in [-0.2, -0.15) is 0 Å². The summed E-state index contributed by atoms with van der Waals surface area (Å²) in [5, 5.41) is 3.34. The number of allylic oxidation sites excluding steroid dienone is 4. The summed E-state index contributed by atoms with van der Waals surface area (Å²) >= 11 is 0. The van der Waals surface area contributed by atoms with Gasteiger partial charge in [0.25, 0.3) is 0 Å². The summed E-state index contributed by atoms with van der Waals surface area (Å²) in [6, 6.07) is 0. The molecule has 0 aliphatic heterocycles. The Kier molecular flexibility index (Phi) is 4.67. The van der Waals surface area contributed by atoms with Crippen LogP contribution in [0.1, 0.15) is 34.6 Å². The van der Waals surface area contributed by atoms with E-state index in [0.717, 1.165) is 0 Å². The van der Waals surface area contributed by atoms with Crippen molar-refractivity contribution in [3.63, 3.8) is 0 Å². The molecule has 11 heavy (non-hydrogen) atoms. The molecule has 0 aromatic carbocycles. The summed E-state index contributed by atoms with van der Waals surface area (Å²) in [6.45, 7) is 10.5. The summed E-state index contributed by atoms with van der Waals surface area (Å²) in [5.74, 6) is 0.579. The van der Waals surface area contributed by atoms with Gasteiger partial charge in [-0.1, -0.05) is 26.0 Å². The number of nitrogens with one attached hydrogen (secondary N) is 1. The molecule has 0 aromatic rings. The SMILES string of the molecule is C/C=C(/C)N/C(=C\C)C(C)C. The van der Waals surface area contributed by atoms with Gasteiger partial charge in [0, 0.05) is 11.4 Å². The Balaban J connectivity index is 4.12. The van der Waals surface area contributed by atoms with Crippen molar-refractivity contribution in [1.82, 2.24) is 5.32 Å². The van der Waals surface area contributed by atoms with Gasteiger partial charge < -0.3 is 5.32 Å². The third kappa shape index (κ3) is 3.87. The van der Waals surface area contributed by atoms with Crippen LogP contribution in [-0.4, -0.2) is 0 Å². The zero-order chi connectivity index (χ0) is 8.85. The number of hydrogen-bond acceptors (Lipinski definition) is 1. The van der Waals surface area contributed by atoms with E-state index in [1.165, 1.54) is 11.4 Å². The monoisotopic (exact) mass is 153 g/mol. The fourth-order valence-corrected chi connectivity index (χ4v) is 0.850. The van der Waals surface area contributed by atoms with Crippen molar-refractivity contribution >= 4 is 0 Å². The normalized spacial score (nSPS) is 14.0. The zero-order valence-corrected chi connectivity index (χ0v) is 8.23. The molecular weight excluding hydrogens is 134 g/mol. The van der Waals surface area contributed by atoms with Gasteiger partial charge in [0.05, 0.1) is 0 Å². The molecule has 0 unspecified atom stereocenters. The first kappa shape index (κ1) is 10.3. The molecule has 0 aliphatic carbocycles. The van der Waals surface area contributed by atoms with E-state index in [1.54, 1.807) is 0 Å². The lowest BCUT2D eigenvalue weighted by Gasteiger charge is -2.13. The second-order valence-corrected chi connectivity index (χ2v) is 3.00. The quantitative estimate of drug-likeness (QED) is 0.657. The lowest BCUT2D eigenvalue weighted by atomic mass is 10.1. The molecule has 0 spiro atoms. The fraction of sp³-hybridized carbons (Fsp3) is 0.600. The molecule has 64 valence electrons. The Hall–Kier alpha value is -0.720. The highest BCUT2D eigenvalue weighted by Crippen LogP contribution is 2.07. The Labute approximate surface area is 70.2 Å². The third-order valence-corrected chi connectivity index (χ3v) is 1.71. The van der Waals surface area contributed by atoms with Gasteiger partial charge in [0.1, 0.15) is 0 Å². The van der Waals surface area contributed by atoms with Gasteiger partial charge in [-0.05, 0) is 26.7 Å². The van der Waals surface area contributed by atoms with Gasteiger partial charge in [-0.25, -0.2) is 0 Å². The molecule has 0 bridgehead atoms. The highest BCUT2D eigenvalue weighted by atomic mass is 14.9. The van der Waals surface area contributed by atoms with Gasteiger partial charge in [-0.3, -0.25) is 0 Å². The van der Waals surface area contributed by atoms with E-state index in [1.807, 2.05) is 6.92 Å². The van der Waals surface area contributed by atoms with Crippen LogP contribution < -0.4 is 5.32 Å². The summed E-state index contributed by atoms with van der Waals surface area (Å²) < 4.78 is 0. The van der Waals surface area contributed by atoms with Gasteiger partial charge in [-0.15, -0.1) is 0 Å². The Morgan fingerprint density at radius 1 is 1.18 bits per heavy atom. The standard InChI is InChI=1S/C10H19N/c1-6-9(5)11-10(7-2)8(3)4/h6-8,11H,1-5H3/b9-6-,10-7-. The predicted molar refractivity (Wildman–Crippen MR) is 51.2 cm³/mol. The van der Waals surface area contributed by atoms with Crippen LogP contribution in [0, 0.1) is 5.92 Å².